The Morgan fingerprint density at radius 1 is 1.22 bits per heavy atom. The number of halogens is 1. The lowest BCUT2D eigenvalue weighted by Gasteiger charge is -2.59. The van der Waals surface area contributed by atoms with Gasteiger partial charge in [0.25, 0.3) is 0 Å². The second-order valence-electron chi connectivity index (χ2n) is 8.47. The molecule has 3 nitrogen and oxygen atoms in total. The molecule has 2 saturated carbocycles. The van der Waals surface area contributed by atoms with E-state index in [1.54, 1.807) is 6.08 Å². The Bertz CT molecular complexity index is 626. The van der Waals surface area contributed by atoms with Crippen molar-refractivity contribution < 1.29 is 19.4 Å². The molecule has 7 atom stereocenters. The molecule has 0 bridgehead atoms. The van der Waals surface area contributed by atoms with Crippen molar-refractivity contribution in [3.63, 3.8) is 0 Å². The van der Waals surface area contributed by atoms with Crippen LogP contribution in [0.15, 0.2) is 23.8 Å². The van der Waals surface area contributed by atoms with Gasteiger partial charge in [-0.05, 0) is 50.0 Å². The highest BCUT2D eigenvalue weighted by Crippen LogP contribution is 2.66. The van der Waals surface area contributed by atoms with Crippen LogP contribution in [0.4, 0.5) is 4.39 Å². The van der Waals surface area contributed by atoms with Gasteiger partial charge in [-0.15, -0.1) is 0 Å². The van der Waals surface area contributed by atoms with E-state index in [1.807, 2.05) is 19.9 Å². The van der Waals surface area contributed by atoms with Gasteiger partial charge in [-0.2, -0.15) is 0 Å². The van der Waals surface area contributed by atoms with Gasteiger partial charge in [0.05, 0.1) is 12.2 Å². The van der Waals surface area contributed by atoms with Gasteiger partial charge in [0.1, 0.15) is 5.67 Å². The van der Waals surface area contributed by atoms with Crippen molar-refractivity contribution in [3.05, 3.63) is 23.8 Å². The van der Waals surface area contributed by atoms with Crippen molar-refractivity contribution in [1.82, 2.24) is 0 Å². The molecule has 2 fully saturated rings. The van der Waals surface area contributed by atoms with E-state index in [-0.39, 0.29) is 17.6 Å². The molecule has 4 heteroatoms. The number of hydrogen-bond acceptors (Lipinski definition) is 3. The Hall–Kier alpha value is -1.00. The minimum Gasteiger partial charge on any atom is -0.390 e. The molecular weight excluding hydrogens is 295 g/mol. The fourth-order valence-corrected chi connectivity index (χ4v) is 5.98. The van der Waals surface area contributed by atoms with Gasteiger partial charge in [-0.1, -0.05) is 24.6 Å². The molecule has 2 N–H and O–H groups in total. The van der Waals surface area contributed by atoms with Crippen molar-refractivity contribution in [2.24, 2.45) is 22.7 Å². The van der Waals surface area contributed by atoms with Crippen LogP contribution in [0.3, 0.4) is 0 Å². The molecule has 0 heterocycles. The molecule has 126 valence electrons. The zero-order valence-corrected chi connectivity index (χ0v) is 13.8. The lowest BCUT2D eigenvalue weighted by molar-refractivity contribution is -0.132. The average Bonchev–Trinajstić information content (AvgIpc) is 2.73. The third kappa shape index (κ3) is 1.74. The summed E-state index contributed by atoms with van der Waals surface area (Å²) in [7, 11) is 0. The summed E-state index contributed by atoms with van der Waals surface area (Å²) < 4.78 is 16.4. The monoisotopic (exact) mass is 320 g/mol. The van der Waals surface area contributed by atoms with E-state index in [0.717, 1.165) is 5.57 Å². The summed E-state index contributed by atoms with van der Waals surface area (Å²) in [5, 5.41) is 20.6. The predicted octanol–water partition coefficient (Wildman–Crippen LogP) is 2.72. The predicted molar refractivity (Wildman–Crippen MR) is 84.4 cm³/mol. The minimum atomic E-state index is -1.40. The van der Waals surface area contributed by atoms with Crippen LogP contribution >= 0.6 is 0 Å². The number of allylic oxidation sites excluding steroid dienone is 4. The zero-order valence-electron chi connectivity index (χ0n) is 13.8. The number of carbonyl (C=O) groups excluding carboxylic acids is 1. The Labute approximate surface area is 136 Å². The molecule has 0 aromatic heterocycles. The van der Waals surface area contributed by atoms with Gasteiger partial charge < -0.3 is 10.2 Å². The number of carbonyl (C=O) groups is 1. The topological polar surface area (TPSA) is 57.5 Å². The normalized spacial score (nSPS) is 55.0. The first-order valence-corrected chi connectivity index (χ1v) is 8.69. The molecule has 4 aliphatic carbocycles. The maximum Gasteiger partial charge on any atom is 0.159 e. The van der Waals surface area contributed by atoms with Gasteiger partial charge >= 0.3 is 0 Å². The summed E-state index contributed by atoms with van der Waals surface area (Å²) in [6.45, 7) is 3.92. The van der Waals surface area contributed by atoms with Crippen LogP contribution in [0.1, 0.15) is 46.0 Å². The number of aliphatic hydroxyl groups is 2. The van der Waals surface area contributed by atoms with E-state index in [0.29, 0.717) is 32.1 Å². The van der Waals surface area contributed by atoms with Crippen molar-refractivity contribution in [1.29, 1.82) is 0 Å². The number of hydrogen-bond donors (Lipinski definition) is 2. The van der Waals surface area contributed by atoms with Gasteiger partial charge in [0.2, 0.25) is 0 Å². The lowest BCUT2D eigenvalue weighted by Crippen LogP contribution is -2.59. The van der Waals surface area contributed by atoms with Crippen LogP contribution < -0.4 is 0 Å². The standard InChI is InChI=1S/C19H25FO3/c1-17-7-8-19(20)13(14(17)10-15(22)16(17)23)4-3-11-9-12(21)5-6-18(11,19)2/h3,5-6,13-16,22-23H,4,7-10H2,1-2H3/t13-,14-,15?,16?,17-,18-,19-/m0/s1. The maximum atomic E-state index is 16.4. The first kappa shape index (κ1) is 15.5. The Morgan fingerprint density at radius 2 is 1.96 bits per heavy atom. The van der Waals surface area contributed by atoms with Crippen molar-refractivity contribution >= 4 is 5.78 Å². The van der Waals surface area contributed by atoms with E-state index in [2.05, 4.69) is 0 Å². The summed E-state index contributed by atoms with van der Waals surface area (Å²) in [4.78, 5) is 11.7. The van der Waals surface area contributed by atoms with Gasteiger partial charge in [-0.3, -0.25) is 4.79 Å². The van der Waals surface area contributed by atoms with Crippen LogP contribution in [-0.2, 0) is 4.79 Å². The zero-order chi connectivity index (χ0) is 16.6. The molecule has 4 rings (SSSR count). The maximum absolute atomic E-state index is 16.4. The quantitative estimate of drug-likeness (QED) is 0.675. The van der Waals surface area contributed by atoms with Gasteiger partial charge in [0.15, 0.2) is 5.78 Å². The van der Waals surface area contributed by atoms with E-state index >= 15 is 4.39 Å². The molecule has 0 spiro atoms. The Kier molecular flexibility index (Phi) is 3.07. The first-order valence-electron chi connectivity index (χ1n) is 8.69. The smallest absolute Gasteiger partial charge is 0.159 e. The van der Waals surface area contributed by atoms with Crippen LogP contribution in [0.25, 0.3) is 0 Å². The summed E-state index contributed by atoms with van der Waals surface area (Å²) in [6.07, 6.45) is 6.17. The molecule has 0 aliphatic heterocycles. The Balaban J connectivity index is 1.79. The number of aliphatic hydroxyl groups excluding tert-OH is 2. The summed E-state index contributed by atoms with van der Waals surface area (Å²) in [6, 6.07) is 0. The minimum absolute atomic E-state index is 0.0214. The second kappa shape index (κ2) is 4.54. The summed E-state index contributed by atoms with van der Waals surface area (Å²) >= 11 is 0. The van der Waals surface area contributed by atoms with Crippen LogP contribution in [0.5, 0.6) is 0 Å². The number of ketones is 1. The van der Waals surface area contributed by atoms with Gasteiger partial charge in [0, 0.05) is 17.8 Å². The van der Waals surface area contributed by atoms with E-state index in [1.165, 1.54) is 6.08 Å². The molecule has 0 radical (unpaired) electrons. The molecule has 0 aromatic carbocycles. The largest absolute Gasteiger partial charge is 0.390 e. The molecule has 0 saturated heterocycles. The highest BCUT2D eigenvalue weighted by molar-refractivity contribution is 5.93. The van der Waals surface area contributed by atoms with Crippen LogP contribution in [0, 0.1) is 22.7 Å². The SMILES string of the molecule is C[C@]12C=CC(=O)CC1=CC[C@H]1[C@@H]3CC(O)C(O)[C@@]3(C)CC[C@]12F. The van der Waals surface area contributed by atoms with Crippen LogP contribution in [0.2, 0.25) is 0 Å². The van der Waals surface area contributed by atoms with E-state index < -0.39 is 28.7 Å². The first-order chi connectivity index (χ1) is 10.7. The third-order valence-electron chi connectivity index (χ3n) is 7.60. The third-order valence-corrected chi connectivity index (χ3v) is 7.60. The molecular formula is C19H25FO3. The lowest BCUT2D eigenvalue weighted by atomic mass is 9.47. The fourth-order valence-electron chi connectivity index (χ4n) is 5.98. The fraction of sp³-hybridized carbons (Fsp3) is 0.737. The number of fused-ring (bicyclic) bond motifs is 5. The highest BCUT2D eigenvalue weighted by atomic mass is 19.1. The van der Waals surface area contributed by atoms with E-state index in [9.17, 15) is 15.0 Å². The second-order valence-corrected chi connectivity index (χ2v) is 8.47. The van der Waals surface area contributed by atoms with E-state index in [4.69, 9.17) is 0 Å². The number of rotatable bonds is 0. The summed E-state index contributed by atoms with van der Waals surface area (Å²) in [5.41, 5.74) is -1.63. The summed E-state index contributed by atoms with van der Waals surface area (Å²) in [5.74, 6) is -0.185. The molecule has 2 unspecified atom stereocenters. The van der Waals surface area contributed by atoms with Crippen molar-refractivity contribution in [3.8, 4) is 0 Å². The molecule has 23 heavy (non-hydrogen) atoms. The van der Waals surface area contributed by atoms with Crippen molar-refractivity contribution in [2.45, 2.75) is 63.8 Å². The number of alkyl halides is 1. The Morgan fingerprint density at radius 3 is 2.70 bits per heavy atom. The van der Waals surface area contributed by atoms with Crippen molar-refractivity contribution in [2.75, 3.05) is 0 Å². The molecule has 0 amide bonds. The highest BCUT2D eigenvalue weighted by Gasteiger charge is 2.67. The molecule has 0 aromatic rings. The van der Waals surface area contributed by atoms with Gasteiger partial charge in [-0.25, -0.2) is 4.39 Å². The average molecular weight is 320 g/mol. The van der Waals surface area contributed by atoms with Crippen LogP contribution in [-0.4, -0.2) is 33.9 Å². The molecule has 4 aliphatic rings.